The Labute approximate surface area is 90.3 Å². The molecule has 1 N–H and O–H groups in total. The molecular formula is C11H17N3O. The van der Waals surface area contributed by atoms with Crippen molar-refractivity contribution < 1.29 is 4.74 Å². The first kappa shape index (κ1) is 10.1. The minimum absolute atomic E-state index is 0.164. The van der Waals surface area contributed by atoms with Gasteiger partial charge in [-0.2, -0.15) is 4.98 Å². The number of nitrogens with zero attached hydrogens (tertiary/aromatic N) is 2. The molecule has 1 aromatic rings. The summed E-state index contributed by atoms with van der Waals surface area (Å²) >= 11 is 0. The van der Waals surface area contributed by atoms with Gasteiger partial charge in [-0.3, -0.25) is 0 Å². The van der Waals surface area contributed by atoms with E-state index in [4.69, 9.17) is 4.74 Å². The molecule has 0 spiro atoms. The summed E-state index contributed by atoms with van der Waals surface area (Å²) in [5, 5.41) is 3.31. The maximum atomic E-state index is 5.56. The van der Waals surface area contributed by atoms with E-state index in [0.29, 0.717) is 5.88 Å². The van der Waals surface area contributed by atoms with Crippen LogP contribution in [0.25, 0.3) is 0 Å². The molecule has 1 aliphatic heterocycles. The molecule has 0 bridgehead atoms. The van der Waals surface area contributed by atoms with E-state index < -0.39 is 0 Å². The van der Waals surface area contributed by atoms with Crippen LogP contribution in [-0.4, -0.2) is 31.2 Å². The van der Waals surface area contributed by atoms with Gasteiger partial charge in [0.05, 0.1) is 11.8 Å². The Hall–Kier alpha value is -1.45. The minimum Gasteiger partial charge on any atom is -0.475 e. The van der Waals surface area contributed by atoms with E-state index in [9.17, 15) is 0 Å². The lowest BCUT2D eigenvalue weighted by atomic mass is 10.3. The number of ether oxygens (including phenoxy) is 1. The number of hydrogen-bond acceptors (Lipinski definition) is 4. The van der Waals surface area contributed by atoms with Gasteiger partial charge in [-0.1, -0.05) is 0 Å². The lowest BCUT2D eigenvalue weighted by Crippen LogP contribution is -2.31. The normalized spacial score (nSPS) is 14.8. The summed E-state index contributed by atoms with van der Waals surface area (Å²) < 4.78 is 5.56. The molecule has 82 valence electrons. The van der Waals surface area contributed by atoms with Crippen molar-refractivity contribution in [3.63, 3.8) is 0 Å². The topological polar surface area (TPSA) is 37.4 Å². The highest BCUT2D eigenvalue weighted by Crippen LogP contribution is 2.28. The maximum absolute atomic E-state index is 5.56. The third kappa shape index (κ3) is 2.14. The average Bonchev–Trinajstić information content (AvgIpc) is 2.18. The second-order valence-corrected chi connectivity index (χ2v) is 4.04. The van der Waals surface area contributed by atoms with Gasteiger partial charge in [-0.15, -0.1) is 0 Å². The first-order chi connectivity index (χ1) is 7.16. The molecule has 1 aromatic heterocycles. The fourth-order valence-electron chi connectivity index (χ4n) is 1.63. The van der Waals surface area contributed by atoms with Crippen molar-refractivity contribution >= 4 is 11.5 Å². The Morgan fingerprint density at radius 2 is 2.27 bits per heavy atom. The molecule has 0 aromatic carbocycles. The number of aromatic nitrogens is 1. The van der Waals surface area contributed by atoms with Crippen LogP contribution in [0.2, 0.25) is 0 Å². The third-order valence-corrected chi connectivity index (χ3v) is 2.33. The molecule has 0 unspecified atom stereocenters. The van der Waals surface area contributed by atoms with E-state index in [-0.39, 0.29) is 6.10 Å². The SMILES string of the molecule is CC(C)Oc1ccc2c(n1)N(C)CCN2. The molecule has 1 aliphatic rings. The zero-order valence-corrected chi connectivity index (χ0v) is 9.45. The number of likely N-dealkylation sites (N-methyl/N-ethyl adjacent to an activating group) is 1. The second-order valence-electron chi connectivity index (χ2n) is 4.04. The summed E-state index contributed by atoms with van der Waals surface area (Å²) in [6, 6.07) is 3.93. The molecule has 4 nitrogen and oxygen atoms in total. The smallest absolute Gasteiger partial charge is 0.215 e. The van der Waals surface area contributed by atoms with Crippen molar-refractivity contribution in [3.05, 3.63) is 12.1 Å². The fraction of sp³-hybridized carbons (Fsp3) is 0.545. The zero-order valence-electron chi connectivity index (χ0n) is 9.45. The van der Waals surface area contributed by atoms with Crippen LogP contribution in [0, 0.1) is 0 Å². The van der Waals surface area contributed by atoms with Crippen molar-refractivity contribution in [2.24, 2.45) is 0 Å². The van der Waals surface area contributed by atoms with Crippen molar-refractivity contribution in [1.29, 1.82) is 0 Å². The molecule has 0 fully saturated rings. The second kappa shape index (κ2) is 3.96. The first-order valence-corrected chi connectivity index (χ1v) is 5.29. The minimum atomic E-state index is 0.164. The Morgan fingerprint density at radius 3 is 3.00 bits per heavy atom. The van der Waals surface area contributed by atoms with Crippen LogP contribution < -0.4 is 15.0 Å². The molecule has 2 heterocycles. The molecule has 0 aliphatic carbocycles. The van der Waals surface area contributed by atoms with Gasteiger partial charge in [0.15, 0.2) is 5.82 Å². The Balaban J connectivity index is 2.27. The lowest BCUT2D eigenvalue weighted by molar-refractivity contribution is 0.233. The Kier molecular flexibility index (Phi) is 2.66. The molecule has 0 radical (unpaired) electrons. The third-order valence-electron chi connectivity index (χ3n) is 2.33. The van der Waals surface area contributed by atoms with Gasteiger partial charge in [0.2, 0.25) is 5.88 Å². The molecule has 0 amide bonds. The summed E-state index contributed by atoms with van der Waals surface area (Å²) in [5.41, 5.74) is 1.08. The van der Waals surface area contributed by atoms with Crippen molar-refractivity contribution in [2.75, 3.05) is 30.4 Å². The number of pyridine rings is 1. The van der Waals surface area contributed by atoms with Crippen LogP contribution in [0.15, 0.2) is 12.1 Å². The summed E-state index contributed by atoms with van der Waals surface area (Å²) in [6.45, 7) is 5.95. The van der Waals surface area contributed by atoms with Crippen molar-refractivity contribution in [1.82, 2.24) is 4.98 Å². The average molecular weight is 207 g/mol. The summed E-state index contributed by atoms with van der Waals surface area (Å²) in [7, 11) is 2.05. The monoisotopic (exact) mass is 207 g/mol. The highest BCUT2D eigenvalue weighted by molar-refractivity contribution is 5.68. The van der Waals surface area contributed by atoms with E-state index in [0.717, 1.165) is 24.6 Å². The molecule has 15 heavy (non-hydrogen) atoms. The van der Waals surface area contributed by atoms with Crippen molar-refractivity contribution in [3.8, 4) is 5.88 Å². The molecule has 0 atom stereocenters. The Morgan fingerprint density at radius 1 is 1.47 bits per heavy atom. The maximum Gasteiger partial charge on any atom is 0.215 e. The van der Waals surface area contributed by atoms with E-state index in [1.807, 2.05) is 33.0 Å². The van der Waals surface area contributed by atoms with Gasteiger partial charge >= 0.3 is 0 Å². The number of fused-ring (bicyclic) bond motifs is 1. The fourth-order valence-corrected chi connectivity index (χ4v) is 1.63. The molecule has 2 rings (SSSR count). The van der Waals surface area contributed by atoms with Crippen LogP contribution in [0.5, 0.6) is 5.88 Å². The largest absolute Gasteiger partial charge is 0.475 e. The standard InChI is InChI=1S/C11H17N3O/c1-8(2)15-10-5-4-9-11(13-10)14(3)7-6-12-9/h4-5,8,12H,6-7H2,1-3H3. The summed E-state index contributed by atoms with van der Waals surface area (Å²) in [4.78, 5) is 6.61. The predicted octanol–water partition coefficient (Wildman–Crippen LogP) is 1.73. The highest BCUT2D eigenvalue weighted by Gasteiger charge is 2.15. The van der Waals surface area contributed by atoms with Crippen LogP contribution in [0.3, 0.4) is 0 Å². The number of anilines is 2. The van der Waals surface area contributed by atoms with E-state index in [2.05, 4.69) is 15.2 Å². The van der Waals surface area contributed by atoms with Crippen LogP contribution >= 0.6 is 0 Å². The van der Waals surface area contributed by atoms with Gasteiger partial charge < -0.3 is 15.0 Å². The number of nitrogens with one attached hydrogen (secondary N) is 1. The zero-order chi connectivity index (χ0) is 10.8. The van der Waals surface area contributed by atoms with Crippen LogP contribution in [0.1, 0.15) is 13.8 Å². The first-order valence-electron chi connectivity index (χ1n) is 5.29. The molecule has 0 saturated carbocycles. The van der Waals surface area contributed by atoms with Gasteiger partial charge in [0, 0.05) is 26.2 Å². The quantitative estimate of drug-likeness (QED) is 0.801. The summed E-state index contributed by atoms with van der Waals surface area (Å²) in [6.07, 6.45) is 0.164. The van der Waals surface area contributed by atoms with E-state index in [1.54, 1.807) is 0 Å². The summed E-state index contributed by atoms with van der Waals surface area (Å²) in [5.74, 6) is 1.67. The van der Waals surface area contributed by atoms with E-state index >= 15 is 0 Å². The van der Waals surface area contributed by atoms with Gasteiger partial charge in [0.25, 0.3) is 0 Å². The van der Waals surface area contributed by atoms with Gasteiger partial charge in [-0.05, 0) is 19.9 Å². The molecule has 4 heteroatoms. The van der Waals surface area contributed by atoms with Gasteiger partial charge in [-0.25, -0.2) is 0 Å². The molecule has 0 saturated heterocycles. The number of rotatable bonds is 2. The highest BCUT2D eigenvalue weighted by atomic mass is 16.5. The lowest BCUT2D eigenvalue weighted by Gasteiger charge is -2.27. The van der Waals surface area contributed by atoms with Crippen LogP contribution in [0.4, 0.5) is 11.5 Å². The Bertz CT molecular complexity index is 352. The van der Waals surface area contributed by atoms with Crippen molar-refractivity contribution in [2.45, 2.75) is 20.0 Å². The van der Waals surface area contributed by atoms with Gasteiger partial charge in [0.1, 0.15) is 0 Å². The molecular weight excluding hydrogens is 190 g/mol. The predicted molar refractivity (Wildman–Crippen MR) is 61.8 cm³/mol. The van der Waals surface area contributed by atoms with E-state index in [1.165, 1.54) is 0 Å². The van der Waals surface area contributed by atoms with Crippen LogP contribution in [-0.2, 0) is 0 Å². The number of hydrogen-bond donors (Lipinski definition) is 1.